The zero-order chi connectivity index (χ0) is 14.9. The van der Waals surface area contributed by atoms with E-state index in [1.165, 1.54) is 6.07 Å². The van der Waals surface area contributed by atoms with Crippen LogP contribution in [0.2, 0.25) is 0 Å². The van der Waals surface area contributed by atoms with E-state index in [4.69, 9.17) is 5.11 Å². The summed E-state index contributed by atoms with van der Waals surface area (Å²) in [5.41, 5.74) is 3.24. The molecule has 0 saturated heterocycles. The highest BCUT2D eigenvalue weighted by molar-refractivity contribution is 7.91. The standard InChI is InChI=1S/C12H17N3O3S2/c1-8-11(9(2)15(3)14-8)5-13-20(17,18)12-4-10(6-16)7-19-12/h4,7,13,16H,5-6H2,1-3H3. The quantitative estimate of drug-likeness (QED) is 0.864. The smallest absolute Gasteiger partial charge is 0.250 e. The Morgan fingerprint density at radius 1 is 1.45 bits per heavy atom. The molecule has 0 unspecified atom stereocenters. The van der Waals surface area contributed by atoms with Crippen molar-refractivity contribution in [3.8, 4) is 0 Å². The van der Waals surface area contributed by atoms with Crippen LogP contribution in [-0.4, -0.2) is 23.3 Å². The zero-order valence-corrected chi connectivity index (χ0v) is 13.2. The average molecular weight is 315 g/mol. The normalized spacial score (nSPS) is 12.0. The highest BCUT2D eigenvalue weighted by Crippen LogP contribution is 2.21. The van der Waals surface area contributed by atoms with Crippen LogP contribution in [0.15, 0.2) is 15.7 Å². The highest BCUT2D eigenvalue weighted by atomic mass is 32.2. The minimum absolute atomic E-state index is 0.160. The van der Waals surface area contributed by atoms with Crippen LogP contribution >= 0.6 is 11.3 Å². The number of rotatable bonds is 5. The van der Waals surface area contributed by atoms with Gasteiger partial charge in [0, 0.05) is 24.8 Å². The molecule has 2 aromatic rings. The van der Waals surface area contributed by atoms with Crippen molar-refractivity contribution < 1.29 is 13.5 Å². The molecule has 2 aromatic heterocycles. The number of aliphatic hydroxyl groups is 1. The molecule has 2 rings (SSSR count). The number of nitrogens with zero attached hydrogens (tertiary/aromatic N) is 2. The fraction of sp³-hybridized carbons (Fsp3) is 0.417. The van der Waals surface area contributed by atoms with Crippen molar-refractivity contribution in [1.29, 1.82) is 0 Å². The second kappa shape index (κ2) is 5.65. The van der Waals surface area contributed by atoms with Crippen molar-refractivity contribution in [2.24, 2.45) is 7.05 Å². The number of sulfonamides is 1. The van der Waals surface area contributed by atoms with Crippen molar-refractivity contribution >= 4 is 21.4 Å². The molecule has 0 aliphatic rings. The predicted molar refractivity (Wildman–Crippen MR) is 76.9 cm³/mol. The lowest BCUT2D eigenvalue weighted by molar-refractivity contribution is 0.282. The first-order valence-corrected chi connectivity index (χ1v) is 8.38. The maximum atomic E-state index is 12.2. The molecule has 8 heteroatoms. The molecule has 0 aliphatic heterocycles. The summed E-state index contributed by atoms with van der Waals surface area (Å²) in [5, 5.41) is 14.9. The van der Waals surface area contributed by atoms with E-state index in [1.807, 2.05) is 20.9 Å². The second-order valence-electron chi connectivity index (χ2n) is 4.53. The summed E-state index contributed by atoms with van der Waals surface area (Å²) < 4.78 is 28.8. The maximum absolute atomic E-state index is 12.2. The van der Waals surface area contributed by atoms with E-state index >= 15 is 0 Å². The number of aromatic nitrogens is 2. The van der Waals surface area contributed by atoms with Gasteiger partial charge in [-0.15, -0.1) is 11.3 Å². The number of thiophene rings is 1. The monoisotopic (exact) mass is 315 g/mol. The van der Waals surface area contributed by atoms with Gasteiger partial charge >= 0.3 is 0 Å². The Hall–Kier alpha value is -1.22. The first-order chi connectivity index (χ1) is 9.35. The van der Waals surface area contributed by atoms with E-state index in [0.717, 1.165) is 28.3 Å². The van der Waals surface area contributed by atoms with E-state index in [-0.39, 0.29) is 17.4 Å². The largest absolute Gasteiger partial charge is 0.392 e. The molecule has 6 nitrogen and oxygen atoms in total. The van der Waals surface area contributed by atoms with Crippen LogP contribution < -0.4 is 4.72 Å². The van der Waals surface area contributed by atoms with Crippen molar-refractivity contribution in [3.05, 3.63) is 34.0 Å². The molecular formula is C12H17N3O3S2. The molecule has 0 amide bonds. The van der Waals surface area contributed by atoms with Gasteiger partial charge in [0.15, 0.2) is 0 Å². The second-order valence-corrected chi connectivity index (χ2v) is 7.43. The third-order valence-electron chi connectivity index (χ3n) is 3.17. The number of hydrogen-bond donors (Lipinski definition) is 2. The van der Waals surface area contributed by atoms with Gasteiger partial charge in [-0.05, 0) is 30.9 Å². The van der Waals surface area contributed by atoms with Gasteiger partial charge in [-0.2, -0.15) is 5.10 Å². The lowest BCUT2D eigenvalue weighted by Gasteiger charge is -2.05. The average Bonchev–Trinajstić information content (AvgIpc) is 2.95. The van der Waals surface area contributed by atoms with Gasteiger partial charge in [0.05, 0.1) is 12.3 Å². The Bertz CT molecular complexity index is 716. The maximum Gasteiger partial charge on any atom is 0.250 e. The molecular weight excluding hydrogens is 298 g/mol. The number of hydrogen-bond acceptors (Lipinski definition) is 5. The fourth-order valence-corrected chi connectivity index (χ4v) is 4.13. The van der Waals surface area contributed by atoms with Gasteiger partial charge in [-0.25, -0.2) is 13.1 Å². The third kappa shape index (κ3) is 2.93. The van der Waals surface area contributed by atoms with E-state index in [2.05, 4.69) is 9.82 Å². The summed E-state index contributed by atoms with van der Waals surface area (Å²) in [7, 11) is -1.73. The van der Waals surface area contributed by atoms with Crippen molar-refractivity contribution in [2.45, 2.75) is 31.2 Å². The van der Waals surface area contributed by atoms with Crippen molar-refractivity contribution in [3.63, 3.8) is 0 Å². The molecule has 0 atom stereocenters. The van der Waals surface area contributed by atoms with E-state index in [1.54, 1.807) is 10.1 Å². The molecule has 0 fully saturated rings. The first-order valence-electron chi connectivity index (χ1n) is 6.02. The topological polar surface area (TPSA) is 84.2 Å². The van der Waals surface area contributed by atoms with Crippen molar-refractivity contribution in [1.82, 2.24) is 14.5 Å². The van der Waals surface area contributed by atoms with Gasteiger partial charge in [0.25, 0.3) is 0 Å². The fourth-order valence-electron chi connectivity index (χ4n) is 1.89. The zero-order valence-electron chi connectivity index (χ0n) is 11.5. The molecule has 0 aliphatic carbocycles. The Kier molecular flexibility index (Phi) is 4.28. The minimum atomic E-state index is -3.55. The SMILES string of the molecule is Cc1nn(C)c(C)c1CNS(=O)(=O)c1cc(CO)cs1. The van der Waals surface area contributed by atoms with Crippen LogP contribution in [0.4, 0.5) is 0 Å². The first kappa shape index (κ1) is 15.2. The van der Waals surface area contributed by atoms with Gasteiger partial charge in [0.2, 0.25) is 10.0 Å². The summed E-state index contributed by atoms with van der Waals surface area (Å²) in [6, 6.07) is 1.48. The molecule has 2 N–H and O–H groups in total. The molecule has 0 saturated carbocycles. The Balaban J connectivity index is 2.17. The van der Waals surface area contributed by atoms with E-state index in [0.29, 0.717) is 5.56 Å². The van der Waals surface area contributed by atoms with Crippen LogP contribution in [-0.2, 0) is 30.2 Å². The van der Waals surface area contributed by atoms with Gasteiger partial charge < -0.3 is 5.11 Å². The van der Waals surface area contributed by atoms with Crippen LogP contribution in [0.3, 0.4) is 0 Å². The Morgan fingerprint density at radius 2 is 2.15 bits per heavy atom. The lowest BCUT2D eigenvalue weighted by atomic mass is 10.2. The molecule has 0 radical (unpaired) electrons. The Labute approximate surface area is 122 Å². The Morgan fingerprint density at radius 3 is 2.65 bits per heavy atom. The van der Waals surface area contributed by atoms with Gasteiger partial charge in [0.1, 0.15) is 4.21 Å². The van der Waals surface area contributed by atoms with E-state index < -0.39 is 10.0 Å². The molecule has 110 valence electrons. The predicted octanol–water partition coefficient (Wildman–Crippen LogP) is 1.07. The molecule has 20 heavy (non-hydrogen) atoms. The number of nitrogens with one attached hydrogen (secondary N) is 1. The number of aryl methyl sites for hydroxylation is 2. The summed E-state index contributed by atoms with van der Waals surface area (Å²) >= 11 is 1.10. The van der Waals surface area contributed by atoms with Gasteiger partial charge in [-0.3, -0.25) is 4.68 Å². The van der Waals surface area contributed by atoms with E-state index in [9.17, 15) is 8.42 Å². The molecule has 0 spiro atoms. The minimum Gasteiger partial charge on any atom is -0.392 e. The summed E-state index contributed by atoms with van der Waals surface area (Å²) in [6.45, 7) is 3.80. The van der Waals surface area contributed by atoms with Crippen LogP contribution in [0.25, 0.3) is 0 Å². The van der Waals surface area contributed by atoms with Crippen LogP contribution in [0.5, 0.6) is 0 Å². The molecule has 2 heterocycles. The molecule has 0 bridgehead atoms. The summed E-state index contributed by atoms with van der Waals surface area (Å²) in [4.78, 5) is 0. The summed E-state index contributed by atoms with van der Waals surface area (Å²) in [5.74, 6) is 0. The van der Waals surface area contributed by atoms with Crippen molar-refractivity contribution in [2.75, 3.05) is 0 Å². The number of aliphatic hydroxyl groups excluding tert-OH is 1. The molecule has 0 aromatic carbocycles. The van der Waals surface area contributed by atoms with Crippen LogP contribution in [0, 0.1) is 13.8 Å². The lowest BCUT2D eigenvalue weighted by Crippen LogP contribution is -2.23. The summed E-state index contributed by atoms with van der Waals surface area (Å²) in [6.07, 6.45) is 0. The van der Waals surface area contributed by atoms with Crippen LogP contribution in [0.1, 0.15) is 22.5 Å². The highest BCUT2D eigenvalue weighted by Gasteiger charge is 2.18. The van der Waals surface area contributed by atoms with Gasteiger partial charge in [-0.1, -0.05) is 0 Å². The third-order valence-corrected chi connectivity index (χ3v) is 6.06.